The van der Waals surface area contributed by atoms with Gasteiger partial charge in [-0.05, 0) is 36.4 Å². The van der Waals surface area contributed by atoms with Crippen molar-refractivity contribution in [2.45, 2.75) is 17.2 Å². The first-order valence-electron chi connectivity index (χ1n) is 7.47. The van der Waals surface area contributed by atoms with E-state index in [0.717, 1.165) is 23.5 Å². The highest BCUT2D eigenvalue weighted by Gasteiger charge is 2.26. The van der Waals surface area contributed by atoms with E-state index in [-0.39, 0.29) is 0 Å². The first-order chi connectivity index (χ1) is 12.0. The number of anilines is 1. The summed E-state index contributed by atoms with van der Waals surface area (Å²) in [6.45, 7) is 0.383. The normalized spacial score (nSPS) is 11.6. The highest BCUT2D eigenvalue weighted by Crippen LogP contribution is 2.23. The number of benzene rings is 2. The van der Waals surface area contributed by atoms with Gasteiger partial charge in [-0.3, -0.25) is 0 Å². The molecule has 1 heterocycles. The van der Waals surface area contributed by atoms with E-state index >= 15 is 0 Å². The van der Waals surface area contributed by atoms with Crippen LogP contribution in [0, 0.1) is 0 Å². The highest BCUT2D eigenvalue weighted by atomic mass is 32.2. The topological polar surface area (TPSA) is 59.3 Å². The average molecular weight is 363 g/mol. The Bertz CT molecular complexity index is 936. The van der Waals surface area contributed by atoms with Crippen LogP contribution in [0.3, 0.4) is 0 Å². The second-order valence-corrected chi connectivity index (χ2v) is 7.23. The molecule has 130 valence electrons. The monoisotopic (exact) mass is 363 g/mol. The highest BCUT2D eigenvalue weighted by molar-refractivity contribution is 7.91. The van der Waals surface area contributed by atoms with E-state index in [1.54, 1.807) is 0 Å². The lowest BCUT2D eigenvalue weighted by Crippen LogP contribution is -2.11. The van der Waals surface area contributed by atoms with Crippen LogP contribution in [0.2, 0.25) is 0 Å². The van der Waals surface area contributed by atoms with Crippen molar-refractivity contribution in [3.05, 3.63) is 72.5 Å². The minimum absolute atomic E-state index is 0.383. The maximum absolute atomic E-state index is 12.5. The number of sulfone groups is 1. The van der Waals surface area contributed by atoms with Gasteiger partial charge in [0.05, 0.1) is 11.4 Å². The number of halogens is 2. The smallest absolute Gasteiger partial charge is 0.341 e. The van der Waals surface area contributed by atoms with E-state index in [9.17, 15) is 17.2 Å². The molecule has 1 aromatic heterocycles. The number of rotatable bonds is 6. The molecule has 7 heteroatoms. The molecule has 0 spiro atoms. The van der Waals surface area contributed by atoms with Crippen molar-refractivity contribution in [3.8, 4) is 11.3 Å². The van der Waals surface area contributed by atoms with E-state index in [2.05, 4.69) is 5.32 Å². The summed E-state index contributed by atoms with van der Waals surface area (Å²) in [4.78, 5) is -0.405. The molecule has 25 heavy (non-hydrogen) atoms. The largest absolute Gasteiger partial charge is 0.459 e. The van der Waals surface area contributed by atoms with Crippen LogP contribution in [0.25, 0.3) is 11.3 Å². The first-order valence-corrected chi connectivity index (χ1v) is 9.01. The predicted octanol–water partition coefficient (Wildman–Crippen LogP) is 4.56. The van der Waals surface area contributed by atoms with Gasteiger partial charge in [-0.25, -0.2) is 8.42 Å². The van der Waals surface area contributed by atoms with Crippen molar-refractivity contribution in [1.29, 1.82) is 0 Å². The SMILES string of the molecule is O=S(=O)(c1ccc(NCc2ccc(-c3ccccc3)o2)cc1)C(F)F. The lowest BCUT2D eigenvalue weighted by Gasteiger charge is -2.07. The summed E-state index contributed by atoms with van der Waals surface area (Å²) in [7, 11) is -4.57. The lowest BCUT2D eigenvalue weighted by molar-refractivity contribution is 0.234. The summed E-state index contributed by atoms with van der Waals surface area (Å²) < 4.78 is 53.5. The molecule has 3 aromatic rings. The van der Waals surface area contributed by atoms with Crippen LogP contribution in [-0.4, -0.2) is 14.2 Å². The summed E-state index contributed by atoms with van der Waals surface area (Å²) in [5.74, 6) is -1.98. The van der Waals surface area contributed by atoms with Crippen LogP contribution in [-0.2, 0) is 16.4 Å². The Labute approximate surface area is 144 Å². The zero-order chi connectivity index (χ0) is 17.9. The zero-order valence-corrected chi connectivity index (χ0v) is 13.8. The van der Waals surface area contributed by atoms with Crippen molar-refractivity contribution in [2.75, 3.05) is 5.32 Å². The van der Waals surface area contributed by atoms with Crippen LogP contribution < -0.4 is 5.32 Å². The van der Waals surface area contributed by atoms with Gasteiger partial charge in [0.1, 0.15) is 11.5 Å². The third-order valence-corrected chi connectivity index (χ3v) is 5.00. The fraction of sp³-hybridized carbons (Fsp3) is 0.111. The van der Waals surface area contributed by atoms with E-state index in [4.69, 9.17) is 4.42 Å². The van der Waals surface area contributed by atoms with Gasteiger partial charge in [-0.15, -0.1) is 0 Å². The first kappa shape index (κ1) is 17.2. The standard InChI is InChI=1S/C18H15F2NO3S/c19-18(20)25(22,23)16-9-6-14(7-10-16)21-12-15-8-11-17(24-15)13-4-2-1-3-5-13/h1-11,18,21H,12H2. The van der Waals surface area contributed by atoms with Crippen molar-refractivity contribution < 1.29 is 21.6 Å². The third-order valence-electron chi connectivity index (χ3n) is 3.60. The quantitative estimate of drug-likeness (QED) is 0.698. The van der Waals surface area contributed by atoms with Crippen molar-refractivity contribution in [3.63, 3.8) is 0 Å². The summed E-state index contributed by atoms with van der Waals surface area (Å²) >= 11 is 0. The van der Waals surface area contributed by atoms with Gasteiger partial charge < -0.3 is 9.73 Å². The lowest BCUT2D eigenvalue weighted by atomic mass is 10.2. The molecule has 0 radical (unpaired) electrons. The number of nitrogens with one attached hydrogen (secondary N) is 1. The Morgan fingerprint density at radius 3 is 2.24 bits per heavy atom. The molecule has 0 aliphatic carbocycles. The predicted molar refractivity (Wildman–Crippen MR) is 91.1 cm³/mol. The van der Waals surface area contributed by atoms with Gasteiger partial charge in [0.25, 0.3) is 0 Å². The fourth-order valence-electron chi connectivity index (χ4n) is 2.29. The summed E-state index contributed by atoms with van der Waals surface area (Å²) in [5.41, 5.74) is 1.57. The molecule has 0 atom stereocenters. The maximum Gasteiger partial charge on any atom is 0.341 e. The molecular formula is C18H15F2NO3S. The van der Waals surface area contributed by atoms with Gasteiger partial charge in [-0.2, -0.15) is 8.78 Å². The maximum atomic E-state index is 12.5. The second-order valence-electron chi connectivity index (χ2n) is 5.32. The third kappa shape index (κ3) is 3.88. The number of hydrogen-bond acceptors (Lipinski definition) is 4. The van der Waals surface area contributed by atoms with Gasteiger partial charge in [0.2, 0.25) is 9.84 Å². The molecule has 1 N–H and O–H groups in total. The Balaban J connectivity index is 1.66. The number of hydrogen-bond donors (Lipinski definition) is 1. The zero-order valence-electron chi connectivity index (χ0n) is 13.0. The van der Waals surface area contributed by atoms with Gasteiger partial charge in [-0.1, -0.05) is 30.3 Å². The minimum atomic E-state index is -4.57. The van der Waals surface area contributed by atoms with Crippen LogP contribution in [0.1, 0.15) is 5.76 Å². The molecule has 0 bridgehead atoms. The second kappa shape index (κ2) is 7.06. The van der Waals surface area contributed by atoms with Crippen LogP contribution >= 0.6 is 0 Å². The Kier molecular flexibility index (Phi) is 4.85. The Morgan fingerprint density at radius 2 is 1.60 bits per heavy atom. The van der Waals surface area contributed by atoms with Gasteiger partial charge in [0.15, 0.2) is 0 Å². The fourth-order valence-corrected chi connectivity index (χ4v) is 3.01. The van der Waals surface area contributed by atoms with E-state index in [1.165, 1.54) is 12.1 Å². The van der Waals surface area contributed by atoms with E-state index < -0.39 is 20.5 Å². The van der Waals surface area contributed by atoms with Crippen LogP contribution in [0.4, 0.5) is 14.5 Å². The summed E-state index contributed by atoms with van der Waals surface area (Å²) in [6.07, 6.45) is 0. The molecule has 0 fully saturated rings. The molecule has 0 saturated heterocycles. The molecular weight excluding hydrogens is 348 g/mol. The van der Waals surface area contributed by atoms with Crippen molar-refractivity contribution in [1.82, 2.24) is 0 Å². The average Bonchev–Trinajstić information content (AvgIpc) is 3.10. The van der Waals surface area contributed by atoms with Gasteiger partial charge >= 0.3 is 5.76 Å². The molecule has 4 nitrogen and oxygen atoms in total. The molecule has 2 aromatic carbocycles. The van der Waals surface area contributed by atoms with Crippen LogP contribution in [0.15, 0.2) is 76.0 Å². The minimum Gasteiger partial charge on any atom is -0.459 e. The van der Waals surface area contributed by atoms with Crippen molar-refractivity contribution >= 4 is 15.5 Å². The van der Waals surface area contributed by atoms with E-state index in [0.29, 0.717) is 18.0 Å². The number of alkyl halides is 2. The summed E-state index contributed by atoms with van der Waals surface area (Å²) in [5, 5.41) is 3.06. The molecule has 3 rings (SSSR count). The number of furan rings is 1. The van der Waals surface area contributed by atoms with Crippen LogP contribution in [0.5, 0.6) is 0 Å². The van der Waals surface area contributed by atoms with Crippen molar-refractivity contribution in [2.24, 2.45) is 0 Å². The van der Waals surface area contributed by atoms with Gasteiger partial charge in [0, 0.05) is 11.3 Å². The summed E-state index contributed by atoms with van der Waals surface area (Å²) in [6, 6.07) is 18.5. The molecule has 0 aliphatic heterocycles. The molecule has 0 saturated carbocycles. The Hall–Kier alpha value is -2.67. The molecule has 0 unspecified atom stereocenters. The molecule has 0 aliphatic rings. The Morgan fingerprint density at radius 1 is 0.920 bits per heavy atom. The van der Waals surface area contributed by atoms with E-state index in [1.807, 2.05) is 42.5 Å². The molecule has 0 amide bonds.